The first-order chi connectivity index (χ1) is 13.6. The number of aliphatic carboxylic acids is 2. The molecule has 1 saturated heterocycles. The fourth-order valence-electron chi connectivity index (χ4n) is 2.79. The van der Waals surface area contributed by atoms with Crippen LogP contribution in [0, 0.1) is 5.92 Å². The third-order valence-corrected chi connectivity index (χ3v) is 4.11. The van der Waals surface area contributed by atoms with Gasteiger partial charge in [0.15, 0.2) is 0 Å². The molecule has 172 valence electrons. The molecule has 0 bridgehead atoms. The number of amides is 1. The van der Waals surface area contributed by atoms with Gasteiger partial charge in [0, 0.05) is 13.0 Å². The molecule has 1 aliphatic rings. The predicted molar refractivity (Wildman–Crippen MR) is 93.7 cm³/mol. The standard InChI is InChI=1S/C15H22F2N2O4.C2HF3O2/c1-4-6-9-7-10(14(22)23)19-11(9)12(18-8(3)20)13(21)15(16,17)5-2;3-2(4,5)1(6)7/h4-6,9-13,19,21H,2,7H2,1,3H3,(H,18,20)(H,22,23);(H,6,7)/b6-4-;/t9-,10-,11-,12-,13+;/m1./s1. The Morgan fingerprint density at radius 1 is 1.20 bits per heavy atom. The van der Waals surface area contributed by atoms with Crippen molar-refractivity contribution in [3.8, 4) is 0 Å². The average Bonchev–Trinajstić information content (AvgIpc) is 3.03. The summed E-state index contributed by atoms with van der Waals surface area (Å²) in [6.45, 7) is 5.84. The Hall–Kier alpha value is -2.54. The highest BCUT2D eigenvalue weighted by molar-refractivity contribution is 5.75. The van der Waals surface area contributed by atoms with Gasteiger partial charge in [-0.05, 0) is 25.3 Å². The van der Waals surface area contributed by atoms with Crippen LogP contribution >= 0.6 is 0 Å². The van der Waals surface area contributed by atoms with Crippen LogP contribution in [0.25, 0.3) is 0 Å². The maximum atomic E-state index is 13.8. The zero-order valence-corrected chi connectivity index (χ0v) is 16.0. The van der Waals surface area contributed by atoms with Crippen molar-refractivity contribution in [3.63, 3.8) is 0 Å². The topological polar surface area (TPSA) is 136 Å². The molecule has 0 aromatic carbocycles. The van der Waals surface area contributed by atoms with Gasteiger partial charge in [0.25, 0.3) is 5.92 Å². The summed E-state index contributed by atoms with van der Waals surface area (Å²) in [6.07, 6.45) is -3.49. The maximum absolute atomic E-state index is 13.8. The second kappa shape index (κ2) is 11.0. The molecule has 0 aromatic heterocycles. The molecule has 0 aromatic rings. The second-order valence-electron chi connectivity index (χ2n) is 6.36. The van der Waals surface area contributed by atoms with Gasteiger partial charge in [-0.3, -0.25) is 14.9 Å². The average molecular weight is 446 g/mol. The van der Waals surface area contributed by atoms with Crippen LogP contribution in [-0.4, -0.2) is 69.5 Å². The first kappa shape index (κ1) is 27.5. The summed E-state index contributed by atoms with van der Waals surface area (Å²) in [6, 6.07) is -3.16. The van der Waals surface area contributed by atoms with Crippen molar-refractivity contribution in [2.75, 3.05) is 0 Å². The van der Waals surface area contributed by atoms with Crippen LogP contribution in [0.4, 0.5) is 22.0 Å². The van der Waals surface area contributed by atoms with Gasteiger partial charge < -0.3 is 20.6 Å². The minimum atomic E-state index is -5.08. The summed E-state index contributed by atoms with van der Waals surface area (Å²) in [5.74, 6) is -8.53. The molecule has 8 nitrogen and oxygen atoms in total. The van der Waals surface area contributed by atoms with E-state index in [0.29, 0.717) is 6.08 Å². The van der Waals surface area contributed by atoms with Crippen LogP contribution < -0.4 is 10.6 Å². The van der Waals surface area contributed by atoms with Crippen LogP contribution in [0.2, 0.25) is 0 Å². The van der Waals surface area contributed by atoms with Crippen LogP contribution in [-0.2, 0) is 14.4 Å². The summed E-state index contributed by atoms with van der Waals surface area (Å²) >= 11 is 0. The van der Waals surface area contributed by atoms with Crippen LogP contribution in [0.15, 0.2) is 24.8 Å². The Bertz CT molecular complexity index is 668. The van der Waals surface area contributed by atoms with Crippen LogP contribution in [0.1, 0.15) is 20.3 Å². The van der Waals surface area contributed by atoms with E-state index in [2.05, 4.69) is 17.2 Å². The molecule has 0 aliphatic carbocycles. The minimum Gasteiger partial charge on any atom is -0.480 e. The third kappa shape index (κ3) is 8.06. The highest BCUT2D eigenvalue weighted by atomic mass is 19.4. The number of carboxylic acids is 2. The molecule has 0 radical (unpaired) electrons. The zero-order valence-electron chi connectivity index (χ0n) is 16.0. The molecule has 5 N–H and O–H groups in total. The normalized spacial score (nSPS) is 23.8. The van der Waals surface area contributed by atoms with Crippen molar-refractivity contribution in [1.82, 2.24) is 10.6 Å². The van der Waals surface area contributed by atoms with Crippen molar-refractivity contribution < 1.29 is 51.7 Å². The lowest BCUT2D eigenvalue weighted by molar-refractivity contribution is -0.192. The molecule has 1 heterocycles. The molecular weight excluding hydrogens is 423 g/mol. The molecular formula is C17H23F5N2O6. The SMILES string of the molecule is C=CC(F)(F)[C@@H](O)[C@H](NC(C)=O)[C@@H]1N[C@@H](C(=O)O)C[C@H]1/C=C\C.O=C(O)C(F)(F)F. The van der Waals surface area contributed by atoms with Gasteiger partial charge in [-0.1, -0.05) is 18.7 Å². The molecule has 13 heteroatoms. The fraction of sp³-hybridized carbons (Fsp3) is 0.588. The smallest absolute Gasteiger partial charge is 0.480 e. The summed E-state index contributed by atoms with van der Waals surface area (Å²) in [7, 11) is 0. The van der Waals surface area contributed by atoms with Crippen LogP contribution in [0.3, 0.4) is 0 Å². The number of allylic oxidation sites excluding steroid dienone is 1. The number of alkyl halides is 5. The number of carboxylic acid groups (broad SMARTS) is 2. The Balaban J connectivity index is 0.00000103. The molecule has 1 fully saturated rings. The molecule has 0 spiro atoms. The number of carbonyl (C=O) groups is 3. The lowest BCUT2D eigenvalue weighted by Gasteiger charge is -2.34. The first-order valence-electron chi connectivity index (χ1n) is 8.46. The van der Waals surface area contributed by atoms with Gasteiger partial charge in [0.2, 0.25) is 5.91 Å². The van der Waals surface area contributed by atoms with Crippen LogP contribution in [0.5, 0.6) is 0 Å². The van der Waals surface area contributed by atoms with Crippen molar-refractivity contribution in [2.24, 2.45) is 5.92 Å². The van der Waals surface area contributed by atoms with Gasteiger partial charge in [-0.25, -0.2) is 4.79 Å². The largest absolute Gasteiger partial charge is 0.490 e. The van der Waals surface area contributed by atoms with Crippen molar-refractivity contribution in [3.05, 3.63) is 24.8 Å². The number of hydrogen-bond donors (Lipinski definition) is 5. The first-order valence-corrected chi connectivity index (χ1v) is 8.46. The second-order valence-corrected chi connectivity index (χ2v) is 6.36. The zero-order chi connectivity index (χ0) is 23.9. The quantitative estimate of drug-likeness (QED) is 0.294. The molecule has 0 saturated carbocycles. The number of halogens is 5. The van der Waals surface area contributed by atoms with Crippen molar-refractivity contribution in [1.29, 1.82) is 0 Å². The highest BCUT2D eigenvalue weighted by Gasteiger charge is 2.49. The van der Waals surface area contributed by atoms with Crippen molar-refractivity contribution >= 4 is 17.8 Å². The Morgan fingerprint density at radius 3 is 2.03 bits per heavy atom. The predicted octanol–water partition coefficient (Wildman–Crippen LogP) is 1.31. The minimum absolute atomic E-state index is 0.173. The molecule has 0 unspecified atom stereocenters. The molecule has 5 atom stereocenters. The lowest BCUT2D eigenvalue weighted by Crippen LogP contribution is -2.60. The highest BCUT2D eigenvalue weighted by Crippen LogP contribution is 2.31. The van der Waals surface area contributed by atoms with E-state index in [1.807, 2.05) is 0 Å². The van der Waals surface area contributed by atoms with E-state index < -0.39 is 60.1 Å². The fourth-order valence-corrected chi connectivity index (χ4v) is 2.79. The van der Waals surface area contributed by atoms with Gasteiger partial charge >= 0.3 is 18.1 Å². The van der Waals surface area contributed by atoms with Gasteiger partial charge in [-0.2, -0.15) is 22.0 Å². The number of nitrogens with one attached hydrogen (secondary N) is 2. The Morgan fingerprint density at radius 2 is 1.70 bits per heavy atom. The lowest BCUT2D eigenvalue weighted by atomic mass is 9.88. The molecule has 1 aliphatic heterocycles. The number of aliphatic hydroxyl groups is 1. The van der Waals surface area contributed by atoms with E-state index >= 15 is 0 Å². The third-order valence-electron chi connectivity index (χ3n) is 4.11. The Labute approximate surface area is 168 Å². The van der Waals surface area contributed by atoms with E-state index in [1.165, 1.54) is 0 Å². The summed E-state index contributed by atoms with van der Waals surface area (Å²) in [5, 5.41) is 31.3. The van der Waals surface area contributed by atoms with E-state index in [-0.39, 0.29) is 6.42 Å². The number of carbonyl (C=O) groups excluding carboxylic acids is 1. The van der Waals surface area contributed by atoms with Gasteiger partial charge in [0.05, 0.1) is 6.04 Å². The number of hydrogen-bond acceptors (Lipinski definition) is 5. The number of rotatable bonds is 7. The Kier molecular flexibility index (Phi) is 10.1. The van der Waals surface area contributed by atoms with Gasteiger partial charge in [-0.15, -0.1) is 0 Å². The summed E-state index contributed by atoms with van der Waals surface area (Å²) in [4.78, 5) is 31.4. The molecule has 1 rings (SSSR count). The summed E-state index contributed by atoms with van der Waals surface area (Å²) < 4.78 is 59.3. The van der Waals surface area contributed by atoms with E-state index in [4.69, 9.17) is 15.0 Å². The van der Waals surface area contributed by atoms with Crippen molar-refractivity contribution in [2.45, 2.75) is 56.6 Å². The van der Waals surface area contributed by atoms with E-state index in [1.54, 1.807) is 19.1 Å². The summed E-state index contributed by atoms with van der Waals surface area (Å²) in [5.41, 5.74) is 0. The monoisotopic (exact) mass is 446 g/mol. The van der Waals surface area contributed by atoms with E-state index in [9.17, 15) is 36.6 Å². The van der Waals surface area contributed by atoms with E-state index in [0.717, 1.165) is 6.92 Å². The molecule has 1 amide bonds. The van der Waals surface area contributed by atoms with Gasteiger partial charge in [0.1, 0.15) is 12.1 Å². The number of aliphatic hydroxyl groups excluding tert-OH is 1. The molecule has 30 heavy (non-hydrogen) atoms. The maximum Gasteiger partial charge on any atom is 0.490 e.